The van der Waals surface area contributed by atoms with Crippen LogP contribution in [0.4, 0.5) is 24.7 Å². The molecule has 12 nitrogen and oxygen atoms in total. The minimum atomic E-state index is -4.95. The van der Waals surface area contributed by atoms with Crippen molar-refractivity contribution in [3.05, 3.63) is 90.8 Å². The third kappa shape index (κ3) is 6.17. The minimum absolute atomic E-state index is 0.0213. The molecule has 2 atom stereocenters. The van der Waals surface area contributed by atoms with Gasteiger partial charge in [0, 0.05) is 61.5 Å². The van der Waals surface area contributed by atoms with Crippen LogP contribution in [-0.2, 0) is 31.5 Å². The molecule has 0 saturated carbocycles. The summed E-state index contributed by atoms with van der Waals surface area (Å²) in [6, 6.07) is 12.8. The van der Waals surface area contributed by atoms with Crippen LogP contribution in [0.5, 0.6) is 5.88 Å². The molecule has 1 aliphatic heterocycles. The number of methoxy groups -OCH3 is 1. The second kappa shape index (κ2) is 13.4. The molecule has 1 saturated heterocycles. The van der Waals surface area contributed by atoms with Gasteiger partial charge in [-0.2, -0.15) is 13.2 Å². The highest BCUT2D eigenvalue weighted by Gasteiger charge is 2.37. The number of fused-ring (bicyclic) bond motifs is 2. The van der Waals surface area contributed by atoms with Gasteiger partial charge in [-0.3, -0.25) is 18.7 Å². The van der Waals surface area contributed by atoms with E-state index in [1.54, 1.807) is 26.2 Å². The zero-order chi connectivity index (χ0) is 37.1. The van der Waals surface area contributed by atoms with Gasteiger partial charge in [0.2, 0.25) is 17.6 Å². The summed E-state index contributed by atoms with van der Waals surface area (Å²) in [5.74, 6) is -1.35. The molecule has 4 heterocycles. The lowest BCUT2D eigenvalue weighted by molar-refractivity contribution is -0.144. The number of ether oxygens (including phenoxy) is 1. The van der Waals surface area contributed by atoms with Gasteiger partial charge in [0.15, 0.2) is 5.65 Å². The number of alkyl halides is 3. The fraction of sp³-hybridized carbons (Fsp3) is 0.333. The Morgan fingerprint density at radius 2 is 1.71 bits per heavy atom. The lowest BCUT2D eigenvalue weighted by Gasteiger charge is -2.20. The number of hydrogen-bond donors (Lipinski definition) is 3. The van der Waals surface area contributed by atoms with E-state index in [1.165, 1.54) is 14.1 Å². The van der Waals surface area contributed by atoms with Crippen LogP contribution in [-0.4, -0.2) is 49.7 Å². The molecule has 0 radical (unpaired) electrons. The summed E-state index contributed by atoms with van der Waals surface area (Å²) >= 11 is 7.12. The molecule has 0 bridgehead atoms. The predicted molar refractivity (Wildman–Crippen MR) is 190 cm³/mol. The Labute approximate surface area is 300 Å². The van der Waals surface area contributed by atoms with Crippen molar-refractivity contribution in [2.75, 3.05) is 19.0 Å². The molecule has 3 N–H and O–H groups in total. The number of carbonyl (C=O) groups excluding carboxylic acids is 1. The number of halogens is 4. The van der Waals surface area contributed by atoms with Crippen LogP contribution >= 0.6 is 11.6 Å². The van der Waals surface area contributed by atoms with E-state index in [0.29, 0.717) is 57.5 Å². The van der Waals surface area contributed by atoms with Crippen LogP contribution in [0, 0.1) is 6.92 Å². The first-order valence-corrected chi connectivity index (χ1v) is 17.0. The normalized spacial score (nSPS) is 17.0. The first-order valence-electron chi connectivity index (χ1n) is 16.6. The number of benzene rings is 2. The molecule has 270 valence electrons. The highest BCUT2D eigenvalue weighted by molar-refractivity contribution is 6.36. The second-order valence-corrected chi connectivity index (χ2v) is 13.3. The Morgan fingerprint density at radius 1 is 0.981 bits per heavy atom. The molecule has 3 aromatic heterocycles. The van der Waals surface area contributed by atoms with Gasteiger partial charge in [-0.25, -0.2) is 19.7 Å². The Morgan fingerprint density at radius 3 is 2.42 bits per heavy atom. The van der Waals surface area contributed by atoms with Crippen LogP contribution in [0.2, 0.25) is 5.02 Å². The molecule has 2 aromatic carbocycles. The number of nitrogens with one attached hydrogen (secondary N) is 3. The first-order chi connectivity index (χ1) is 24.8. The Hall–Kier alpha value is -5.28. The van der Waals surface area contributed by atoms with E-state index in [0.717, 1.165) is 39.5 Å². The number of anilines is 2. The van der Waals surface area contributed by atoms with Gasteiger partial charge in [0.05, 0.1) is 17.8 Å². The van der Waals surface area contributed by atoms with Gasteiger partial charge >= 0.3 is 11.9 Å². The number of hydrogen-bond acceptors (Lipinski definition) is 9. The fourth-order valence-electron chi connectivity index (χ4n) is 7.02. The van der Waals surface area contributed by atoms with E-state index in [1.807, 2.05) is 30.3 Å². The van der Waals surface area contributed by atoms with Gasteiger partial charge in [-0.05, 0) is 55.0 Å². The van der Waals surface area contributed by atoms with Crippen molar-refractivity contribution in [3.8, 4) is 28.3 Å². The maximum atomic E-state index is 13.9. The molecule has 2 aliphatic rings. The molecular weight excluding hydrogens is 701 g/mol. The van der Waals surface area contributed by atoms with Crippen LogP contribution in [0.15, 0.2) is 52.1 Å². The van der Waals surface area contributed by atoms with Gasteiger partial charge in [0.25, 0.3) is 5.56 Å². The zero-order valence-corrected chi connectivity index (χ0v) is 29.4. The third-order valence-corrected chi connectivity index (χ3v) is 10.2. The highest BCUT2D eigenvalue weighted by Crippen LogP contribution is 2.43. The summed E-state index contributed by atoms with van der Waals surface area (Å²) in [5.41, 5.74) is 3.48. The number of aryl methyl sites for hydroxylation is 2. The van der Waals surface area contributed by atoms with Gasteiger partial charge < -0.3 is 20.7 Å². The van der Waals surface area contributed by atoms with E-state index in [4.69, 9.17) is 21.3 Å². The average molecular weight is 735 g/mol. The van der Waals surface area contributed by atoms with Crippen molar-refractivity contribution in [3.63, 3.8) is 0 Å². The van der Waals surface area contributed by atoms with Crippen molar-refractivity contribution in [2.45, 2.75) is 50.9 Å². The molecule has 52 heavy (non-hydrogen) atoms. The summed E-state index contributed by atoms with van der Waals surface area (Å²) in [4.78, 5) is 49.5. The van der Waals surface area contributed by atoms with Gasteiger partial charge in [0.1, 0.15) is 11.2 Å². The van der Waals surface area contributed by atoms with Gasteiger partial charge in [-0.15, -0.1) is 0 Å². The molecule has 16 heteroatoms. The number of carbonyl (C=O) groups is 1. The monoisotopic (exact) mass is 734 g/mol. The summed E-state index contributed by atoms with van der Waals surface area (Å²) in [6.07, 6.45) is -1.98. The van der Waals surface area contributed by atoms with Gasteiger partial charge in [-0.1, -0.05) is 41.9 Å². The highest BCUT2D eigenvalue weighted by atomic mass is 35.5. The summed E-state index contributed by atoms with van der Waals surface area (Å²) in [5, 5.41) is 9.60. The largest absolute Gasteiger partial charge is 0.481 e. The van der Waals surface area contributed by atoms with Crippen LogP contribution < -0.4 is 31.9 Å². The molecule has 1 unspecified atom stereocenters. The Bertz CT molecular complexity index is 2390. The molecule has 7 rings (SSSR count). The average Bonchev–Trinajstić information content (AvgIpc) is 3.74. The summed E-state index contributed by atoms with van der Waals surface area (Å²) < 4.78 is 49.2. The number of aromatic nitrogens is 5. The number of pyridine rings is 1. The fourth-order valence-corrected chi connectivity index (χ4v) is 7.35. The summed E-state index contributed by atoms with van der Waals surface area (Å²) in [7, 11) is 4.04. The zero-order valence-electron chi connectivity index (χ0n) is 28.6. The molecule has 1 aliphatic carbocycles. The van der Waals surface area contributed by atoms with Crippen molar-refractivity contribution < 1.29 is 22.7 Å². The van der Waals surface area contributed by atoms with Crippen molar-refractivity contribution in [2.24, 2.45) is 14.1 Å². The minimum Gasteiger partial charge on any atom is -0.481 e. The van der Waals surface area contributed by atoms with Crippen molar-refractivity contribution >= 4 is 40.0 Å². The van der Waals surface area contributed by atoms with E-state index >= 15 is 0 Å². The van der Waals surface area contributed by atoms with Crippen LogP contribution in [0.1, 0.15) is 47.8 Å². The van der Waals surface area contributed by atoms with Crippen molar-refractivity contribution in [1.82, 2.24) is 34.7 Å². The van der Waals surface area contributed by atoms with E-state index in [-0.39, 0.29) is 23.4 Å². The maximum Gasteiger partial charge on any atom is 0.451 e. The molecular formula is C36H34ClF3N8O4. The second-order valence-electron chi connectivity index (χ2n) is 13.0. The molecule has 1 fully saturated rings. The molecule has 0 spiro atoms. The first kappa shape index (κ1) is 35.1. The topological polar surface area (TPSA) is 145 Å². The van der Waals surface area contributed by atoms with E-state index < -0.39 is 34.7 Å². The summed E-state index contributed by atoms with van der Waals surface area (Å²) in [6.45, 7) is 2.42. The third-order valence-electron chi connectivity index (χ3n) is 9.75. The molecule has 1 amide bonds. The molecule has 5 aromatic rings. The number of amides is 1. The quantitative estimate of drug-likeness (QED) is 0.192. The lowest BCUT2D eigenvalue weighted by atomic mass is 9.96. The van der Waals surface area contributed by atoms with Crippen LogP contribution in [0.25, 0.3) is 33.4 Å². The lowest BCUT2D eigenvalue weighted by Crippen LogP contribution is -2.38. The Kier molecular flexibility index (Phi) is 9.03. The van der Waals surface area contributed by atoms with Crippen LogP contribution in [0.3, 0.4) is 0 Å². The standard InChI is InChI=1S/C36H34ClF3N8O4/c1-17-20(7-6-10-23(17)43-30-28-31(46-34(45-30)36(38,39)40)47(2)35(51)48(3)33(28)50)21-8-5-9-22(29(21)37)25-15-18-11-13-24(27(18)32(44-25)52-4)41-16-19-12-14-26(49)42-19/h5-10,15,19,24,41H,11-14,16H2,1-4H3,(H,42,49)(H,43,45,46)/t19-,24?/m0/s1. The SMILES string of the molecule is COc1nc(-c2cccc(-c3cccc(Nc4nc(C(F)(F)F)nc5c4c(=O)n(C)c(=O)n5C)c3C)c2Cl)cc2c1C(NC[C@@H]1CCC(=O)N1)CC2. The maximum absolute atomic E-state index is 13.9. The van der Waals surface area contributed by atoms with Crippen molar-refractivity contribution in [1.29, 1.82) is 0 Å². The van der Waals surface area contributed by atoms with E-state index in [2.05, 4.69) is 25.9 Å². The number of rotatable bonds is 8. The smallest absolute Gasteiger partial charge is 0.451 e. The Balaban J connectivity index is 1.25. The van der Waals surface area contributed by atoms with E-state index in [9.17, 15) is 27.6 Å². The predicted octanol–water partition coefficient (Wildman–Crippen LogP) is 5.34. The number of nitrogens with zero attached hydrogens (tertiary/aromatic N) is 5.